The fraction of sp³-hybridized carbons (Fsp3) is 0.111. The number of aromatic nitrogens is 4. The van der Waals surface area contributed by atoms with E-state index in [0.717, 1.165) is 28.0 Å². The SMILES string of the molecule is O=c1c2c([nH]c3ccccc13)C(c1ccc3c(c1)OCO3)N(c1ncc(-c3ccccn3)cn1)C2. The number of hydrogen-bond acceptors (Lipinski definition) is 7. The Labute approximate surface area is 199 Å². The zero-order valence-corrected chi connectivity index (χ0v) is 18.5. The predicted molar refractivity (Wildman–Crippen MR) is 130 cm³/mol. The second kappa shape index (κ2) is 7.66. The lowest BCUT2D eigenvalue weighted by Crippen LogP contribution is -2.25. The average Bonchev–Trinajstić information content (AvgIpc) is 3.54. The van der Waals surface area contributed by atoms with E-state index in [1.807, 2.05) is 65.6 Å². The number of rotatable bonds is 3. The van der Waals surface area contributed by atoms with Gasteiger partial charge >= 0.3 is 0 Å². The van der Waals surface area contributed by atoms with Crippen LogP contribution in [-0.4, -0.2) is 26.7 Å². The molecule has 8 nitrogen and oxygen atoms in total. The summed E-state index contributed by atoms with van der Waals surface area (Å²) in [6.45, 7) is 0.584. The largest absolute Gasteiger partial charge is 0.454 e. The Morgan fingerprint density at radius 1 is 0.914 bits per heavy atom. The van der Waals surface area contributed by atoms with Crippen LogP contribution in [0, 0.1) is 0 Å². The standard InChI is InChI=1S/C27H19N5O3/c33-26-18-5-1-2-7-21(18)31-24-19(26)14-32(25(24)16-8-9-22-23(11-16)35-15-34-22)27-29-12-17(13-30-27)20-6-3-4-10-28-20/h1-13,25H,14-15H2,(H,31,33). The van der Waals surface area contributed by atoms with Crippen LogP contribution in [0.4, 0.5) is 5.95 Å². The summed E-state index contributed by atoms with van der Waals surface area (Å²) in [5, 5.41) is 0.670. The zero-order chi connectivity index (χ0) is 23.4. The molecule has 1 unspecified atom stereocenters. The molecule has 35 heavy (non-hydrogen) atoms. The third-order valence-electron chi connectivity index (χ3n) is 6.52. The summed E-state index contributed by atoms with van der Waals surface area (Å²) in [5.41, 5.74) is 4.96. The van der Waals surface area contributed by atoms with Gasteiger partial charge in [-0.1, -0.05) is 24.3 Å². The highest BCUT2D eigenvalue weighted by Crippen LogP contribution is 2.42. The van der Waals surface area contributed by atoms with Crippen LogP contribution in [-0.2, 0) is 6.54 Å². The normalized spacial score (nSPS) is 16.0. The first-order chi connectivity index (χ1) is 17.3. The smallest absolute Gasteiger partial charge is 0.231 e. The molecule has 170 valence electrons. The van der Waals surface area contributed by atoms with Gasteiger partial charge in [-0.25, -0.2) is 9.97 Å². The van der Waals surface area contributed by atoms with Crippen molar-refractivity contribution in [1.82, 2.24) is 19.9 Å². The number of hydrogen-bond donors (Lipinski definition) is 1. The van der Waals surface area contributed by atoms with Gasteiger partial charge in [0.2, 0.25) is 12.7 Å². The third kappa shape index (κ3) is 3.14. The molecule has 0 fully saturated rings. The first kappa shape index (κ1) is 19.7. The van der Waals surface area contributed by atoms with Crippen LogP contribution in [0.2, 0.25) is 0 Å². The highest BCUT2D eigenvalue weighted by atomic mass is 16.7. The first-order valence-electron chi connectivity index (χ1n) is 11.3. The average molecular weight is 461 g/mol. The van der Waals surface area contributed by atoms with Gasteiger partial charge in [0, 0.05) is 40.6 Å². The van der Waals surface area contributed by atoms with Crippen LogP contribution < -0.4 is 19.8 Å². The van der Waals surface area contributed by atoms with Gasteiger partial charge in [-0.3, -0.25) is 9.78 Å². The Hall–Kier alpha value is -4.72. The Kier molecular flexibility index (Phi) is 4.32. The number of aromatic amines is 1. The molecule has 0 amide bonds. The summed E-state index contributed by atoms with van der Waals surface area (Å²) in [6, 6.07) is 18.9. The number of nitrogens with one attached hydrogen (secondary N) is 1. The van der Waals surface area contributed by atoms with Gasteiger partial charge in [0.1, 0.15) is 0 Å². The molecule has 0 bridgehead atoms. The Morgan fingerprint density at radius 2 is 1.74 bits per heavy atom. The Morgan fingerprint density at radius 3 is 2.60 bits per heavy atom. The van der Waals surface area contributed by atoms with E-state index in [2.05, 4.69) is 19.9 Å². The van der Waals surface area contributed by atoms with Crippen molar-refractivity contribution < 1.29 is 9.47 Å². The minimum absolute atomic E-state index is 0.0210. The molecule has 1 N–H and O–H groups in total. The summed E-state index contributed by atoms with van der Waals surface area (Å²) in [5.74, 6) is 1.92. The summed E-state index contributed by atoms with van der Waals surface area (Å²) in [4.78, 5) is 32.7. The van der Waals surface area contributed by atoms with Crippen LogP contribution >= 0.6 is 0 Å². The van der Waals surface area contributed by atoms with Crippen LogP contribution in [0.5, 0.6) is 11.5 Å². The number of para-hydroxylation sites is 1. The first-order valence-corrected chi connectivity index (χ1v) is 11.3. The number of pyridine rings is 2. The van der Waals surface area contributed by atoms with Crippen LogP contribution in [0.15, 0.2) is 84.0 Å². The molecule has 5 heterocycles. The van der Waals surface area contributed by atoms with E-state index in [4.69, 9.17) is 9.47 Å². The molecule has 8 heteroatoms. The molecule has 5 aromatic rings. The summed E-state index contributed by atoms with van der Waals surface area (Å²) in [6.07, 6.45) is 5.28. The van der Waals surface area contributed by atoms with E-state index in [9.17, 15) is 4.79 Å². The molecule has 2 aliphatic heterocycles. The van der Waals surface area contributed by atoms with Gasteiger partial charge in [-0.2, -0.15) is 0 Å². The van der Waals surface area contributed by atoms with Crippen molar-refractivity contribution in [3.8, 4) is 22.8 Å². The fourth-order valence-electron chi connectivity index (χ4n) is 4.85. The topological polar surface area (TPSA) is 93.2 Å². The number of ether oxygens (including phenoxy) is 2. The van der Waals surface area contributed by atoms with Crippen molar-refractivity contribution in [1.29, 1.82) is 0 Å². The van der Waals surface area contributed by atoms with Gasteiger partial charge < -0.3 is 19.4 Å². The van der Waals surface area contributed by atoms with Crippen LogP contribution in [0.1, 0.15) is 22.9 Å². The maximum atomic E-state index is 13.5. The molecule has 0 radical (unpaired) electrons. The van der Waals surface area contributed by atoms with Gasteiger partial charge in [-0.05, 0) is 42.0 Å². The Bertz CT molecular complexity index is 1630. The monoisotopic (exact) mass is 461 g/mol. The molecular formula is C27H19N5O3. The summed E-state index contributed by atoms with van der Waals surface area (Å²) < 4.78 is 11.1. The summed E-state index contributed by atoms with van der Waals surface area (Å²) in [7, 11) is 0. The number of fused-ring (bicyclic) bond motifs is 3. The molecule has 0 spiro atoms. The van der Waals surface area contributed by atoms with Crippen molar-refractivity contribution in [3.63, 3.8) is 0 Å². The van der Waals surface area contributed by atoms with E-state index < -0.39 is 0 Å². The molecule has 0 saturated heterocycles. The molecule has 0 saturated carbocycles. The highest BCUT2D eigenvalue weighted by Gasteiger charge is 2.37. The lowest BCUT2D eigenvalue weighted by Gasteiger charge is -2.25. The predicted octanol–water partition coefficient (Wildman–Crippen LogP) is 4.22. The zero-order valence-electron chi connectivity index (χ0n) is 18.5. The number of anilines is 1. The van der Waals surface area contributed by atoms with Crippen molar-refractivity contribution in [2.24, 2.45) is 0 Å². The third-order valence-corrected chi connectivity index (χ3v) is 6.52. The van der Waals surface area contributed by atoms with Crippen molar-refractivity contribution in [3.05, 3.63) is 106 Å². The molecule has 2 aliphatic rings. The molecule has 2 aromatic carbocycles. The lowest BCUT2D eigenvalue weighted by molar-refractivity contribution is 0.174. The maximum Gasteiger partial charge on any atom is 0.231 e. The number of benzene rings is 2. The van der Waals surface area contributed by atoms with E-state index in [0.29, 0.717) is 34.9 Å². The van der Waals surface area contributed by atoms with E-state index in [1.54, 1.807) is 18.6 Å². The number of H-pyrrole nitrogens is 1. The van der Waals surface area contributed by atoms with E-state index >= 15 is 0 Å². The van der Waals surface area contributed by atoms with Gasteiger partial charge in [0.25, 0.3) is 0 Å². The van der Waals surface area contributed by atoms with Gasteiger partial charge in [-0.15, -0.1) is 0 Å². The minimum Gasteiger partial charge on any atom is -0.454 e. The molecule has 0 aliphatic carbocycles. The molecular weight excluding hydrogens is 442 g/mol. The maximum absolute atomic E-state index is 13.5. The second-order valence-corrected chi connectivity index (χ2v) is 8.52. The van der Waals surface area contributed by atoms with Crippen LogP contribution in [0.25, 0.3) is 22.2 Å². The van der Waals surface area contributed by atoms with Crippen molar-refractivity contribution in [2.45, 2.75) is 12.6 Å². The Balaban J connectivity index is 1.37. The molecule has 3 aromatic heterocycles. The molecule has 7 rings (SSSR count). The number of nitrogens with zero attached hydrogens (tertiary/aromatic N) is 4. The van der Waals surface area contributed by atoms with Crippen molar-refractivity contribution >= 4 is 16.9 Å². The minimum atomic E-state index is -0.294. The lowest BCUT2D eigenvalue weighted by atomic mass is 10.0. The quantitative estimate of drug-likeness (QED) is 0.430. The van der Waals surface area contributed by atoms with E-state index in [1.165, 1.54) is 0 Å². The van der Waals surface area contributed by atoms with E-state index in [-0.39, 0.29) is 18.3 Å². The summed E-state index contributed by atoms with van der Waals surface area (Å²) >= 11 is 0. The van der Waals surface area contributed by atoms with Crippen LogP contribution in [0.3, 0.4) is 0 Å². The van der Waals surface area contributed by atoms with Crippen molar-refractivity contribution in [2.75, 3.05) is 11.7 Å². The van der Waals surface area contributed by atoms with Gasteiger partial charge in [0.15, 0.2) is 16.9 Å². The highest BCUT2D eigenvalue weighted by molar-refractivity contribution is 5.80. The molecule has 1 atom stereocenters. The fourth-order valence-corrected chi connectivity index (χ4v) is 4.85. The van der Waals surface area contributed by atoms with Gasteiger partial charge in [0.05, 0.1) is 24.0 Å². The second-order valence-electron chi connectivity index (χ2n) is 8.52.